The summed E-state index contributed by atoms with van der Waals surface area (Å²) in [5, 5.41) is 20.9. The van der Waals surface area contributed by atoms with Crippen molar-refractivity contribution in [3.8, 4) is 0 Å². The van der Waals surface area contributed by atoms with Crippen molar-refractivity contribution in [1.29, 1.82) is 0 Å². The molecular weight excluding hydrogens is 544 g/mol. The van der Waals surface area contributed by atoms with Gasteiger partial charge < -0.3 is 25.4 Å². The highest BCUT2D eigenvalue weighted by atomic mass is 35.5. The van der Waals surface area contributed by atoms with Crippen LogP contribution in [0.4, 0.5) is 5.82 Å². The molecule has 1 fully saturated rings. The number of carboxylic acid groups (broad SMARTS) is 1. The van der Waals surface area contributed by atoms with E-state index in [-0.39, 0.29) is 17.9 Å². The number of anilines is 1. The Kier molecular flexibility index (Phi) is 10.3. The zero-order valence-electron chi connectivity index (χ0n) is 24.8. The van der Waals surface area contributed by atoms with E-state index >= 15 is 0 Å². The number of fused-ring (bicyclic) bond motifs is 1. The van der Waals surface area contributed by atoms with E-state index in [9.17, 15) is 14.7 Å². The lowest BCUT2D eigenvalue weighted by molar-refractivity contribution is -0.143. The van der Waals surface area contributed by atoms with E-state index in [4.69, 9.17) is 21.3 Å². The zero-order chi connectivity index (χ0) is 29.6. The summed E-state index contributed by atoms with van der Waals surface area (Å²) in [5.74, 6) is -0.367. The van der Waals surface area contributed by atoms with Crippen LogP contribution in [0.15, 0.2) is 18.2 Å². The topological polar surface area (TPSA) is 122 Å². The fourth-order valence-corrected chi connectivity index (χ4v) is 5.61. The molecule has 2 aliphatic rings. The van der Waals surface area contributed by atoms with E-state index in [0.717, 1.165) is 62.4 Å². The van der Waals surface area contributed by atoms with Crippen molar-refractivity contribution >= 4 is 29.3 Å². The molecule has 1 aliphatic heterocycles. The molecule has 2 aromatic heterocycles. The molecule has 3 heterocycles. The lowest BCUT2D eigenvalue weighted by Crippen LogP contribution is -2.49. The Hall–Kier alpha value is -2.69. The van der Waals surface area contributed by atoms with E-state index in [0.29, 0.717) is 37.7 Å². The second-order valence-corrected chi connectivity index (χ2v) is 12.7. The Morgan fingerprint density at radius 3 is 2.68 bits per heavy atom. The number of carboxylic acids is 1. The molecule has 1 saturated carbocycles. The van der Waals surface area contributed by atoms with Crippen molar-refractivity contribution < 1.29 is 19.4 Å². The van der Waals surface area contributed by atoms with Crippen LogP contribution in [-0.4, -0.2) is 81.1 Å². The van der Waals surface area contributed by atoms with E-state index in [2.05, 4.69) is 32.8 Å². The first-order valence-corrected chi connectivity index (χ1v) is 15.2. The van der Waals surface area contributed by atoms with Crippen molar-refractivity contribution in [1.82, 2.24) is 25.0 Å². The number of halogens is 1. The number of aryl methyl sites for hydroxylation is 3. The third-order valence-corrected chi connectivity index (χ3v) is 8.00. The minimum absolute atomic E-state index is 0.250. The lowest BCUT2D eigenvalue weighted by Gasteiger charge is -2.27. The summed E-state index contributed by atoms with van der Waals surface area (Å²) in [6, 6.07) is 5.02. The molecule has 3 N–H and O–H groups in total. The quantitative estimate of drug-likeness (QED) is 0.265. The Morgan fingerprint density at radius 2 is 2.02 bits per heavy atom. The molecule has 226 valence electrons. The third kappa shape index (κ3) is 8.66. The van der Waals surface area contributed by atoms with Crippen LogP contribution in [0.1, 0.15) is 76.2 Å². The smallest absolute Gasteiger partial charge is 0.326 e. The second-order valence-electron chi connectivity index (χ2n) is 12.3. The van der Waals surface area contributed by atoms with Crippen LogP contribution in [0, 0.1) is 6.92 Å². The van der Waals surface area contributed by atoms with Crippen molar-refractivity contribution in [2.45, 2.75) is 96.2 Å². The van der Waals surface area contributed by atoms with Crippen molar-refractivity contribution in [2.24, 2.45) is 0 Å². The molecule has 0 saturated heterocycles. The van der Waals surface area contributed by atoms with Gasteiger partial charge in [-0.2, -0.15) is 5.10 Å². The number of ether oxygens (including phenoxy) is 1. The van der Waals surface area contributed by atoms with Crippen molar-refractivity contribution in [2.75, 3.05) is 38.1 Å². The Morgan fingerprint density at radius 1 is 1.24 bits per heavy atom. The first-order chi connectivity index (χ1) is 19.5. The Labute approximate surface area is 248 Å². The van der Waals surface area contributed by atoms with E-state index in [1.54, 1.807) is 6.07 Å². The van der Waals surface area contributed by atoms with Gasteiger partial charge in [-0.25, -0.2) is 14.5 Å². The number of pyridine rings is 1. The summed E-state index contributed by atoms with van der Waals surface area (Å²) in [4.78, 5) is 32.4. The van der Waals surface area contributed by atoms with Crippen molar-refractivity contribution in [3.05, 3.63) is 40.3 Å². The molecule has 10 nitrogen and oxygen atoms in total. The van der Waals surface area contributed by atoms with Crippen LogP contribution < -0.4 is 10.6 Å². The van der Waals surface area contributed by atoms with Gasteiger partial charge in [0.05, 0.1) is 17.9 Å². The van der Waals surface area contributed by atoms with Gasteiger partial charge in [-0.15, -0.1) is 0 Å². The van der Waals surface area contributed by atoms with Crippen LogP contribution in [-0.2, 0) is 32.7 Å². The summed E-state index contributed by atoms with van der Waals surface area (Å²) in [5.41, 5.74) is 1.95. The summed E-state index contributed by atoms with van der Waals surface area (Å²) < 4.78 is 7.48. The van der Waals surface area contributed by atoms with Crippen LogP contribution >= 0.6 is 11.6 Å². The van der Waals surface area contributed by atoms with Crippen LogP contribution in [0.2, 0.25) is 5.15 Å². The van der Waals surface area contributed by atoms with Crippen LogP contribution in [0.5, 0.6) is 0 Å². The summed E-state index contributed by atoms with van der Waals surface area (Å²) in [7, 11) is 0. The molecule has 2 aromatic rings. The molecule has 11 heteroatoms. The number of amides is 1. The van der Waals surface area contributed by atoms with Gasteiger partial charge in [-0.3, -0.25) is 4.79 Å². The van der Waals surface area contributed by atoms with Gasteiger partial charge in [0.2, 0.25) is 5.91 Å². The number of carbonyl (C=O) groups is 2. The van der Waals surface area contributed by atoms with Gasteiger partial charge in [0.1, 0.15) is 22.6 Å². The summed E-state index contributed by atoms with van der Waals surface area (Å²) in [6.45, 7) is 11.4. The summed E-state index contributed by atoms with van der Waals surface area (Å²) >= 11 is 6.31. The fourth-order valence-electron chi connectivity index (χ4n) is 5.25. The minimum atomic E-state index is -1.05. The van der Waals surface area contributed by atoms with Gasteiger partial charge in [0.25, 0.3) is 0 Å². The first kappa shape index (κ1) is 31.3. The molecule has 41 heavy (non-hydrogen) atoms. The highest BCUT2D eigenvalue weighted by Gasteiger charge is 2.54. The molecule has 0 radical (unpaired) electrons. The van der Waals surface area contributed by atoms with E-state index in [1.165, 1.54) is 10.2 Å². The van der Waals surface area contributed by atoms with Gasteiger partial charge in [0.15, 0.2) is 0 Å². The predicted molar refractivity (Wildman–Crippen MR) is 159 cm³/mol. The molecule has 1 atom stereocenters. The number of nitrogens with zero attached hydrogens (tertiary/aromatic N) is 4. The largest absolute Gasteiger partial charge is 0.480 e. The average Bonchev–Trinajstić information content (AvgIpc) is 3.65. The van der Waals surface area contributed by atoms with Crippen LogP contribution in [0.3, 0.4) is 0 Å². The van der Waals surface area contributed by atoms with Gasteiger partial charge >= 0.3 is 5.97 Å². The van der Waals surface area contributed by atoms with Crippen LogP contribution in [0.25, 0.3) is 0 Å². The molecular formula is C30H45ClN6O4. The number of nitrogens with one attached hydrogen (secondary N) is 2. The number of hydrogen-bond acceptors (Lipinski definition) is 7. The molecule has 1 amide bonds. The first-order valence-electron chi connectivity index (χ1n) is 14.8. The molecule has 0 spiro atoms. The average molecular weight is 589 g/mol. The molecule has 1 aliphatic carbocycles. The van der Waals surface area contributed by atoms with Gasteiger partial charge in [0, 0.05) is 25.3 Å². The summed E-state index contributed by atoms with van der Waals surface area (Å²) in [6.07, 6.45) is 6.50. The number of hydrogen-bond donors (Lipinski definition) is 3. The maximum Gasteiger partial charge on any atom is 0.326 e. The number of carbonyl (C=O) groups excluding carboxylic acids is 1. The standard InChI is InChI=1S/C30H45ClN6O4/c1-21-20-25(31)37(35-21)30(13-14-30)28(40)34-24(27(38)39)12-17-36(18-19-41-29(2,3)4)16-6-5-9-23-11-10-22-8-7-15-32-26(22)33-23/h10-11,20,24H,5-9,12-19H2,1-4H3,(H,32,33)(H,34,40)(H,38,39). The maximum absolute atomic E-state index is 13.2. The maximum atomic E-state index is 13.2. The molecule has 4 rings (SSSR count). The van der Waals surface area contributed by atoms with E-state index in [1.807, 2.05) is 27.7 Å². The van der Waals surface area contributed by atoms with Gasteiger partial charge in [-0.1, -0.05) is 17.7 Å². The number of aliphatic carboxylic acids is 1. The third-order valence-electron chi connectivity index (χ3n) is 7.73. The predicted octanol–water partition coefficient (Wildman–Crippen LogP) is 4.19. The minimum Gasteiger partial charge on any atom is -0.480 e. The molecule has 0 aromatic carbocycles. The highest BCUT2D eigenvalue weighted by Crippen LogP contribution is 2.45. The number of aromatic nitrogens is 3. The monoisotopic (exact) mass is 588 g/mol. The SMILES string of the molecule is Cc1cc(Cl)n(C2(C(=O)NC(CCN(CCCCc3ccc4c(n3)NCCC4)CCOC(C)(C)C)C(=O)O)CC2)n1. The fraction of sp³-hybridized carbons (Fsp3) is 0.667. The highest BCUT2D eigenvalue weighted by molar-refractivity contribution is 6.29. The molecule has 1 unspecified atom stereocenters. The van der Waals surface area contributed by atoms with Gasteiger partial charge in [-0.05, 0) is 103 Å². The number of unbranched alkanes of at least 4 members (excludes halogenated alkanes) is 1. The van der Waals surface area contributed by atoms with E-state index < -0.39 is 17.6 Å². The Balaban J connectivity index is 1.31. The Bertz CT molecular complexity index is 1210. The molecule has 0 bridgehead atoms. The number of rotatable bonds is 15. The lowest BCUT2D eigenvalue weighted by atomic mass is 10.1. The second kappa shape index (κ2) is 13.5. The van der Waals surface area contributed by atoms with Crippen molar-refractivity contribution in [3.63, 3.8) is 0 Å². The zero-order valence-corrected chi connectivity index (χ0v) is 25.6. The normalized spacial score (nSPS) is 16.6.